The van der Waals surface area contributed by atoms with Gasteiger partial charge in [0.1, 0.15) is 11.4 Å². The summed E-state index contributed by atoms with van der Waals surface area (Å²) >= 11 is 5.75. The van der Waals surface area contributed by atoms with Crippen molar-refractivity contribution in [2.45, 2.75) is 31.3 Å². The molecule has 0 spiro atoms. The summed E-state index contributed by atoms with van der Waals surface area (Å²) in [6.07, 6.45) is 3.30. The van der Waals surface area contributed by atoms with E-state index < -0.39 is 17.2 Å². The molecule has 0 atom stereocenters. The number of hydrogen-bond donors (Lipinski definition) is 1. The summed E-state index contributed by atoms with van der Waals surface area (Å²) in [6, 6.07) is 8.95. The number of halogens is 3. The number of rotatable bonds is 3. The van der Waals surface area contributed by atoms with E-state index in [0.717, 1.165) is 12.8 Å². The number of nitrogens with two attached hydrogens (primary N) is 1. The summed E-state index contributed by atoms with van der Waals surface area (Å²) in [5, 5.41) is 0.0653. The van der Waals surface area contributed by atoms with Crippen LogP contribution in [-0.2, 0) is 5.60 Å². The van der Waals surface area contributed by atoms with E-state index >= 15 is 0 Å². The Labute approximate surface area is 132 Å². The Morgan fingerprint density at radius 3 is 2.36 bits per heavy atom. The van der Waals surface area contributed by atoms with Gasteiger partial charge in [-0.15, -0.1) is 0 Å². The second-order valence-electron chi connectivity index (χ2n) is 5.62. The molecule has 1 fully saturated rings. The largest absolute Gasteiger partial charge is 0.480 e. The van der Waals surface area contributed by atoms with Crippen LogP contribution in [0.4, 0.5) is 14.5 Å². The molecule has 2 nitrogen and oxygen atoms in total. The highest BCUT2D eigenvalue weighted by molar-refractivity contribution is 6.30. The van der Waals surface area contributed by atoms with Crippen molar-refractivity contribution in [3.8, 4) is 5.75 Å². The molecule has 0 saturated heterocycles. The van der Waals surface area contributed by atoms with Crippen LogP contribution < -0.4 is 10.5 Å². The lowest BCUT2D eigenvalue weighted by Gasteiger charge is -2.31. The van der Waals surface area contributed by atoms with Crippen LogP contribution in [0.1, 0.15) is 31.2 Å². The van der Waals surface area contributed by atoms with E-state index in [1.807, 2.05) is 0 Å². The summed E-state index contributed by atoms with van der Waals surface area (Å²) in [6.45, 7) is 0. The first-order valence-electron chi connectivity index (χ1n) is 7.20. The Hall–Kier alpha value is -1.81. The molecule has 0 radical (unpaired) electrons. The molecule has 116 valence electrons. The van der Waals surface area contributed by atoms with Crippen LogP contribution in [0.2, 0.25) is 5.02 Å². The first kappa shape index (κ1) is 15.1. The zero-order valence-electron chi connectivity index (χ0n) is 11.9. The third-order valence-electron chi connectivity index (χ3n) is 4.12. The third-order valence-corrected chi connectivity index (χ3v) is 4.42. The molecule has 1 aliphatic carbocycles. The number of ether oxygens (including phenoxy) is 1. The van der Waals surface area contributed by atoms with E-state index in [9.17, 15) is 8.78 Å². The quantitative estimate of drug-likeness (QED) is 0.802. The normalized spacial score (nSPS) is 16.7. The predicted molar refractivity (Wildman–Crippen MR) is 83.0 cm³/mol. The van der Waals surface area contributed by atoms with Crippen molar-refractivity contribution in [3.05, 3.63) is 58.6 Å². The maximum absolute atomic E-state index is 14.0. The van der Waals surface area contributed by atoms with Gasteiger partial charge in [0.25, 0.3) is 0 Å². The topological polar surface area (TPSA) is 35.2 Å². The van der Waals surface area contributed by atoms with Crippen LogP contribution in [0, 0.1) is 11.6 Å². The fourth-order valence-electron chi connectivity index (χ4n) is 2.99. The number of nitrogen functional groups attached to an aromatic ring is 1. The molecule has 2 aromatic rings. The summed E-state index contributed by atoms with van der Waals surface area (Å²) in [5.74, 6) is -0.876. The Balaban J connectivity index is 1.99. The molecule has 5 heteroatoms. The second kappa shape index (κ2) is 5.76. The molecular formula is C17H16ClF2NO. The van der Waals surface area contributed by atoms with Crippen molar-refractivity contribution in [3.63, 3.8) is 0 Å². The van der Waals surface area contributed by atoms with Crippen LogP contribution >= 0.6 is 11.6 Å². The molecule has 0 aliphatic heterocycles. The maximum atomic E-state index is 14.0. The summed E-state index contributed by atoms with van der Waals surface area (Å²) in [7, 11) is 0. The van der Waals surface area contributed by atoms with Crippen molar-refractivity contribution in [1.29, 1.82) is 0 Å². The van der Waals surface area contributed by atoms with Gasteiger partial charge in [-0.1, -0.05) is 17.7 Å². The third kappa shape index (κ3) is 2.75. The lowest BCUT2D eigenvalue weighted by atomic mass is 9.91. The molecule has 0 bridgehead atoms. The van der Waals surface area contributed by atoms with Gasteiger partial charge < -0.3 is 10.5 Å². The Morgan fingerprint density at radius 1 is 1.00 bits per heavy atom. The summed E-state index contributed by atoms with van der Waals surface area (Å²) in [5.41, 5.74) is 5.86. The van der Waals surface area contributed by atoms with E-state index in [4.69, 9.17) is 22.1 Å². The zero-order valence-corrected chi connectivity index (χ0v) is 12.7. The van der Waals surface area contributed by atoms with E-state index in [1.165, 1.54) is 24.3 Å². The molecule has 0 amide bonds. The van der Waals surface area contributed by atoms with Crippen molar-refractivity contribution in [2.75, 3.05) is 5.73 Å². The van der Waals surface area contributed by atoms with Crippen LogP contribution in [0.15, 0.2) is 36.4 Å². The highest BCUT2D eigenvalue weighted by Gasteiger charge is 2.39. The Morgan fingerprint density at radius 2 is 1.73 bits per heavy atom. The minimum absolute atomic E-state index is 0.0653. The molecule has 22 heavy (non-hydrogen) atoms. The summed E-state index contributed by atoms with van der Waals surface area (Å²) < 4.78 is 33.8. The van der Waals surface area contributed by atoms with Gasteiger partial charge in [-0.3, -0.25) is 0 Å². The highest BCUT2D eigenvalue weighted by Crippen LogP contribution is 2.44. The van der Waals surface area contributed by atoms with Gasteiger partial charge >= 0.3 is 0 Å². The minimum atomic E-state index is -0.720. The average Bonchev–Trinajstić information content (AvgIpc) is 2.95. The molecule has 0 unspecified atom stereocenters. The van der Waals surface area contributed by atoms with Gasteiger partial charge in [-0.25, -0.2) is 8.78 Å². The summed E-state index contributed by atoms with van der Waals surface area (Å²) in [4.78, 5) is 0. The molecule has 2 N–H and O–H groups in total. The van der Waals surface area contributed by atoms with Crippen molar-refractivity contribution in [1.82, 2.24) is 0 Å². The number of benzene rings is 2. The molecule has 1 aliphatic rings. The fourth-order valence-corrected chi connectivity index (χ4v) is 3.10. The van der Waals surface area contributed by atoms with Gasteiger partial charge in [-0.05, 0) is 55.5 Å². The lowest BCUT2D eigenvalue weighted by Crippen LogP contribution is -2.30. The smallest absolute Gasteiger partial charge is 0.167 e. The van der Waals surface area contributed by atoms with Crippen LogP contribution in [-0.4, -0.2) is 0 Å². The SMILES string of the molecule is Nc1ccc(OC2(c3ccc(Cl)c(F)c3)CCCC2)c(F)c1. The van der Waals surface area contributed by atoms with Crippen molar-refractivity contribution >= 4 is 17.3 Å². The fraction of sp³-hybridized carbons (Fsp3) is 0.294. The van der Waals surface area contributed by atoms with Gasteiger partial charge in [0, 0.05) is 11.8 Å². The van der Waals surface area contributed by atoms with Crippen molar-refractivity contribution in [2.24, 2.45) is 0 Å². The predicted octanol–water partition coefficient (Wildman–Crippen LogP) is 5.05. The zero-order chi connectivity index (χ0) is 15.7. The molecular weight excluding hydrogens is 308 g/mol. The standard InChI is InChI=1S/C17H16ClF2NO/c18-13-5-3-11(9-14(13)19)17(7-1-2-8-17)22-16-6-4-12(21)10-15(16)20/h3-6,9-10H,1-2,7-8,21H2. The lowest BCUT2D eigenvalue weighted by molar-refractivity contribution is 0.0687. The molecule has 2 aromatic carbocycles. The maximum Gasteiger partial charge on any atom is 0.167 e. The van der Waals surface area contributed by atoms with Gasteiger partial charge in [0.05, 0.1) is 5.02 Å². The first-order chi connectivity index (χ1) is 10.5. The number of anilines is 1. The van der Waals surface area contributed by atoms with Crippen LogP contribution in [0.5, 0.6) is 5.75 Å². The minimum Gasteiger partial charge on any atom is -0.480 e. The average molecular weight is 324 g/mol. The van der Waals surface area contributed by atoms with E-state index in [0.29, 0.717) is 24.1 Å². The van der Waals surface area contributed by atoms with Gasteiger partial charge in [-0.2, -0.15) is 0 Å². The molecule has 3 rings (SSSR count). The molecule has 1 saturated carbocycles. The van der Waals surface area contributed by atoms with Gasteiger partial charge in [0.15, 0.2) is 11.6 Å². The van der Waals surface area contributed by atoms with E-state index in [-0.39, 0.29) is 10.8 Å². The molecule has 0 aromatic heterocycles. The van der Waals surface area contributed by atoms with E-state index in [2.05, 4.69) is 0 Å². The monoisotopic (exact) mass is 323 g/mol. The Bertz CT molecular complexity index is 699. The Kier molecular flexibility index (Phi) is 3.96. The highest BCUT2D eigenvalue weighted by atomic mass is 35.5. The molecule has 0 heterocycles. The van der Waals surface area contributed by atoms with Crippen LogP contribution in [0.3, 0.4) is 0 Å². The first-order valence-corrected chi connectivity index (χ1v) is 7.58. The second-order valence-corrected chi connectivity index (χ2v) is 6.03. The number of hydrogen-bond acceptors (Lipinski definition) is 2. The van der Waals surface area contributed by atoms with Crippen molar-refractivity contribution < 1.29 is 13.5 Å². The van der Waals surface area contributed by atoms with E-state index in [1.54, 1.807) is 12.1 Å². The van der Waals surface area contributed by atoms with Crippen LogP contribution in [0.25, 0.3) is 0 Å². The van der Waals surface area contributed by atoms with Gasteiger partial charge in [0.2, 0.25) is 0 Å².